The van der Waals surface area contributed by atoms with Gasteiger partial charge in [0.1, 0.15) is 0 Å². The van der Waals surface area contributed by atoms with Crippen LogP contribution in [-0.2, 0) is 0 Å². The highest BCUT2D eigenvalue weighted by Gasteiger charge is 2.36. The van der Waals surface area contributed by atoms with Crippen LogP contribution in [0.15, 0.2) is 24.3 Å². The zero-order chi connectivity index (χ0) is 57.1. The minimum Gasteiger partial charge on any atom is -0.274 e. The molecule has 1 aromatic rings. The van der Waals surface area contributed by atoms with E-state index in [4.69, 9.17) is 0 Å². The third-order valence-electron chi connectivity index (χ3n) is 18.9. The smallest absolute Gasteiger partial charge is 0.261 e. The first kappa shape index (κ1) is 71.5. The molecule has 1 heterocycles. The summed E-state index contributed by atoms with van der Waals surface area (Å²) in [5, 5.41) is 0. The molecule has 0 atom stereocenters. The molecular weight excluding hydrogens is 935 g/mol. The zero-order valence-electron chi connectivity index (χ0n) is 55.0. The topological polar surface area (TPSA) is 37.4 Å². The van der Waals surface area contributed by atoms with Crippen molar-refractivity contribution in [3.63, 3.8) is 0 Å². The Kier molecular flexibility index (Phi) is 39.2. The van der Waals surface area contributed by atoms with Crippen molar-refractivity contribution in [2.75, 3.05) is 6.54 Å². The predicted molar refractivity (Wildman–Crippen MR) is 342 cm³/mol. The van der Waals surface area contributed by atoms with Crippen molar-refractivity contribution in [2.45, 2.75) is 329 Å². The number of amides is 2. The summed E-state index contributed by atoms with van der Waals surface area (Å²) in [5.41, 5.74) is 1.22. The summed E-state index contributed by atoms with van der Waals surface area (Å²) >= 11 is 0. The summed E-state index contributed by atoms with van der Waals surface area (Å²) in [6, 6.07) is 7.59. The van der Waals surface area contributed by atoms with Gasteiger partial charge in [-0.2, -0.15) is 0 Å². The van der Waals surface area contributed by atoms with Gasteiger partial charge in [0.25, 0.3) is 11.8 Å². The van der Waals surface area contributed by atoms with Crippen molar-refractivity contribution >= 4 is 11.8 Å². The quantitative estimate of drug-likeness (QED) is 0.0610. The largest absolute Gasteiger partial charge is 0.274 e. The molecule has 2 rings (SSSR count). The second-order valence-corrected chi connectivity index (χ2v) is 30.2. The Bertz CT molecular complexity index is 1360. The van der Waals surface area contributed by atoms with Gasteiger partial charge in [0.2, 0.25) is 0 Å². The summed E-state index contributed by atoms with van der Waals surface area (Å²) < 4.78 is 0. The van der Waals surface area contributed by atoms with Gasteiger partial charge in [0.15, 0.2) is 0 Å². The summed E-state index contributed by atoms with van der Waals surface area (Å²) in [5.74, 6) is 11.6. The maximum Gasteiger partial charge on any atom is 0.261 e. The number of carbonyl (C=O) groups is 2. The Balaban J connectivity index is 2.35. The lowest BCUT2D eigenvalue weighted by Crippen LogP contribution is -2.34. The van der Waals surface area contributed by atoms with E-state index in [9.17, 15) is 9.59 Å². The minimum atomic E-state index is -0.0608. The highest BCUT2D eigenvalue weighted by atomic mass is 16.2. The van der Waals surface area contributed by atoms with E-state index in [1.807, 2.05) is 24.3 Å². The molecule has 77 heavy (non-hydrogen) atoms. The van der Waals surface area contributed by atoms with Gasteiger partial charge in [-0.15, -0.1) is 0 Å². The molecule has 0 spiro atoms. The molecule has 1 aliphatic rings. The van der Waals surface area contributed by atoms with Gasteiger partial charge < -0.3 is 0 Å². The molecule has 3 heteroatoms. The zero-order valence-corrected chi connectivity index (χ0v) is 55.0. The molecule has 0 unspecified atom stereocenters. The first-order valence-electron chi connectivity index (χ1n) is 34.6. The fraction of sp³-hybridized carbons (Fsp3) is 0.892. The fourth-order valence-electron chi connectivity index (χ4n) is 13.3. The normalized spacial score (nSPS) is 13.7. The number of carbonyl (C=O) groups excluding carboxylic acids is 2. The molecule has 0 radical (unpaired) electrons. The standard InChI is InChI=1S/C74H137NO2/c1-56(2)39-47-66(48-40-57(3)4)31-19-25-64(26-20-32-67(49-41-58(5)6)50-42-59(7)8)29-23-35-70(55-75-73(76)71-37-17-18-38-72(71)74(75)77)36-24-30-65(27-21-33-68(51-43-60(9)10)52-44-61(11)12)28-22-34-69(53-45-62(13)14)54-46-63(15)16/h17-18,37-38,56-70H,19-36,39-55H2,1-16H3. The van der Waals surface area contributed by atoms with Crippen LogP contribution in [0.4, 0.5) is 0 Å². The Hall–Kier alpha value is -1.64. The van der Waals surface area contributed by atoms with Crippen LogP contribution < -0.4 is 0 Å². The van der Waals surface area contributed by atoms with E-state index in [2.05, 4.69) is 111 Å². The molecule has 0 saturated carbocycles. The van der Waals surface area contributed by atoms with Crippen LogP contribution in [0.25, 0.3) is 0 Å². The number of benzene rings is 1. The molecule has 450 valence electrons. The fourth-order valence-corrected chi connectivity index (χ4v) is 13.3. The lowest BCUT2D eigenvalue weighted by molar-refractivity contribution is 0.0620. The first-order valence-corrected chi connectivity index (χ1v) is 34.6. The van der Waals surface area contributed by atoms with Gasteiger partial charge >= 0.3 is 0 Å². The van der Waals surface area contributed by atoms with E-state index in [1.165, 1.54) is 205 Å². The van der Waals surface area contributed by atoms with E-state index in [0.29, 0.717) is 23.6 Å². The summed E-state index contributed by atoms with van der Waals surface area (Å²) in [6.45, 7) is 39.1. The summed E-state index contributed by atoms with van der Waals surface area (Å²) in [7, 11) is 0. The Morgan fingerprint density at radius 2 is 0.416 bits per heavy atom. The Labute approximate surface area is 483 Å². The average molecular weight is 1070 g/mol. The number of rotatable bonds is 50. The number of imide groups is 1. The first-order chi connectivity index (χ1) is 36.6. The lowest BCUT2D eigenvalue weighted by atomic mass is 9.82. The Morgan fingerprint density at radius 3 is 0.597 bits per heavy atom. The van der Waals surface area contributed by atoms with Gasteiger partial charge in [-0.25, -0.2) is 0 Å². The van der Waals surface area contributed by atoms with Crippen LogP contribution in [-0.4, -0.2) is 23.3 Å². The number of fused-ring (bicyclic) bond motifs is 1. The molecule has 0 aliphatic carbocycles. The van der Waals surface area contributed by atoms with Crippen LogP contribution >= 0.6 is 0 Å². The average Bonchev–Trinajstić information content (AvgIpc) is 3.59. The SMILES string of the molecule is CC(C)CCC(CCCC(CCCC(CCC(C)C)CCC(C)C)CCCC(CCCC(CCCC(CCC(C)C)CCC(C)C)CCCC(CCC(C)C)CCC(C)C)CN1C(=O)c2ccccc2C1=O)CCC(C)C. The van der Waals surface area contributed by atoms with Crippen molar-refractivity contribution in [1.29, 1.82) is 0 Å². The third kappa shape index (κ3) is 35.1. The van der Waals surface area contributed by atoms with Crippen LogP contribution in [0.3, 0.4) is 0 Å². The van der Waals surface area contributed by atoms with Gasteiger partial charge in [-0.3, -0.25) is 14.5 Å². The molecular formula is C74H137NO2. The van der Waals surface area contributed by atoms with E-state index in [0.717, 1.165) is 95.7 Å². The van der Waals surface area contributed by atoms with Crippen molar-refractivity contribution in [1.82, 2.24) is 4.90 Å². The van der Waals surface area contributed by atoms with Crippen molar-refractivity contribution in [2.24, 2.45) is 88.8 Å². The summed E-state index contributed by atoms with van der Waals surface area (Å²) in [4.78, 5) is 29.6. The third-order valence-corrected chi connectivity index (χ3v) is 18.9. The van der Waals surface area contributed by atoms with E-state index >= 15 is 0 Å². The van der Waals surface area contributed by atoms with Gasteiger partial charge in [0.05, 0.1) is 11.1 Å². The Morgan fingerprint density at radius 1 is 0.247 bits per heavy atom. The van der Waals surface area contributed by atoms with E-state index < -0.39 is 0 Å². The van der Waals surface area contributed by atoms with Crippen LogP contribution in [0.1, 0.15) is 350 Å². The summed E-state index contributed by atoms with van der Waals surface area (Å²) in [6.07, 6.45) is 46.0. The molecule has 1 aromatic carbocycles. The van der Waals surface area contributed by atoms with Crippen molar-refractivity contribution < 1.29 is 9.59 Å². The highest BCUT2D eigenvalue weighted by molar-refractivity contribution is 6.21. The number of nitrogens with zero attached hydrogens (tertiary/aromatic N) is 1. The number of hydrogen-bond acceptors (Lipinski definition) is 2. The van der Waals surface area contributed by atoms with Gasteiger partial charge in [-0.1, -0.05) is 328 Å². The minimum absolute atomic E-state index is 0.0608. The predicted octanol–water partition coefficient (Wildman–Crippen LogP) is 24.1. The van der Waals surface area contributed by atoms with E-state index in [-0.39, 0.29) is 11.8 Å². The molecule has 3 nitrogen and oxygen atoms in total. The van der Waals surface area contributed by atoms with Crippen molar-refractivity contribution in [3.8, 4) is 0 Å². The molecule has 0 bridgehead atoms. The van der Waals surface area contributed by atoms with Crippen LogP contribution in [0.5, 0.6) is 0 Å². The van der Waals surface area contributed by atoms with Crippen LogP contribution in [0.2, 0.25) is 0 Å². The van der Waals surface area contributed by atoms with Crippen molar-refractivity contribution in [3.05, 3.63) is 35.4 Å². The monoisotopic (exact) mass is 1070 g/mol. The molecule has 0 saturated heterocycles. The second kappa shape index (κ2) is 42.2. The molecule has 2 amide bonds. The van der Waals surface area contributed by atoms with E-state index in [1.54, 1.807) is 4.90 Å². The molecule has 0 N–H and O–H groups in total. The molecule has 0 fully saturated rings. The van der Waals surface area contributed by atoms with Gasteiger partial charge in [-0.05, 0) is 114 Å². The molecule has 0 aromatic heterocycles. The maximum absolute atomic E-state index is 14.0. The molecule has 1 aliphatic heterocycles. The van der Waals surface area contributed by atoms with Crippen LogP contribution in [0, 0.1) is 88.8 Å². The maximum atomic E-state index is 14.0. The number of hydrogen-bond donors (Lipinski definition) is 0. The van der Waals surface area contributed by atoms with Gasteiger partial charge in [0, 0.05) is 6.54 Å². The highest BCUT2D eigenvalue weighted by Crippen LogP contribution is 2.35. The second-order valence-electron chi connectivity index (χ2n) is 30.2. The lowest BCUT2D eigenvalue weighted by Gasteiger charge is -2.26.